The van der Waals surface area contributed by atoms with Gasteiger partial charge in [-0.25, -0.2) is 32.2 Å². The molecule has 0 saturated carbocycles. The number of carbonyl (C=O) groups is 3. The summed E-state index contributed by atoms with van der Waals surface area (Å²) in [7, 11) is -3.88. The lowest BCUT2D eigenvalue weighted by atomic mass is 9.80. The zero-order valence-corrected chi connectivity index (χ0v) is 63.4. The smallest absolute Gasteiger partial charge is 0.475 e. The van der Waals surface area contributed by atoms with E-state index < -0.39 is 113 Å². The van der Waals surface area contributed by atoms with Crippen LogP contribution in [0.15, 0.2) is 154 Å². The van der Waals surface area contributed by atoms with Gasteiger partial charge in [0.15, 0.2) is 11.2 Å². The minimum atomic E-state index is -4.98. The summed E-state index contributed by atoms with van der Waals surface area (Å²) in [5.41, 5.74) is 2.37. The molecule has 2 saturated heterocycles. The van der Waals surface area contributed by atoms with E-state index in [1.807, 2.05) is 123 Å². The lowest BCUT2D eigenvalue weighted by molar-refractivity contribution is -0.144. The first-order chi connectivity index (χ1) is 52.6. The Labute approximate surface area is 631 Å². The average molecular weight is 1530 g/mol. The van der Waals surface area contributed by atoms with Crippen LogP contribution in [0.3, 0.4) is 0 Å². The van der Waals surface area contributed by atoms with Gasteiger partial charge in [-0.1, -0.05) is 129 Å². The summed E-state index contributed by atoms with van der Waals surface area (Å²) in [4.78, 5) is 101. The third-order valence-corrected chi connectivity index (χ3v) is 22.2. The van der Waals surface area contributed by atoms with Gasteiger partial charge in [-0.15, -0.1) is 0 Å². The standard InChI is InChI=1S/C78H87N11O18P2/c1-49(2)73(92)84-76-83-72-71(75(94)85-76)82-48-88(72)69-43-64(65(104-69)46-100-78(53-21-12-11-13-22-53,54-29-33-56(97-9)34-30-54)55-31-35-57(98-10)36-32-55)107-109(96,102-41-39-80-8)103-47-66-63(106-108(101-40-38-79-7)89(50(3)4)51(5)6)42-68(105-66)87-44-52(74(93)86-77(87)95)20-19-37-81-67(90)27-18-28-70(91)99-45-62-60-25-16-14-23-58(60)59-24-15-17-26-61(59)62/h11-17,21-26,29-36,44,48-51,62-66,68-69H,18,27-28,37-43,45-47H2,1-6,9-10H3,(H,81,90)(H,86,93,95)(H2,83,84,85,92,94)/t63-,64-,65-,66-,68-,69-,108?,109?/m1/s1. The van der Waals surface area contributed by atoms with Crippen molar-refractivity contribution in [1.29, 1.82) is 0 Å². The number of aromatic nitrogens is 6. The van der Waals surface area contributed by atoms with Gasteiger partial charge < -0.3 is 52.5 Å². The number of benzene rings is 5. The Morgan fingerprint density at radius 2 is 1.32 bits per heavy atom. The number of phosphoric ester groups is 1. The molecule has 0 bridgehead atoms. The SMILES string of the molecule is [C-]#[N+]CCOP(O[C@@H]1C[C@H](n2cc(C#CCNC(=O)CCCC(=O)OCC3c4ccccc4-c4ccccc43)c(=O)[nH]c2=O)O[C@@H]1COP(=O)(OCC[N+]#[C-])O[C@@H]1C[C@H](n2cnc3c(=O)[nH]c(NC(=O)C(C)C)nc32)O[C@@H]1COC(c1ccccc1)(c1ccc(OC)cc1)c1ccc(OC)cc1)N(C(C)C)C(C)C. The molecule has 0 spiro atoms. The van der Waals surface area contributed by atoms with Crippen LogP contribution in [0.4, 0.5) is 5.95 Å². The number of carbonyl (C=O) groups excluding carboxylic acids is 3. The fraction of sp³-hybridized carbons (Fsp3) is 0.410. The maximum absolute atomic E-state index is 15.9. The van der Waals surface area contributed by atoms with Crippen LogP contribution >= 0.6 is 16.3 Å². The monoisotopic (exact) mass is 1530 g/mol. The summed E-state index contributed by atoms with van der Waals surface area (Å²) >= 11 is 0. The Morgan fingerprint density at radius 3 is 1.94 bits per heavy atom. The predicted molar refractivity (Wildman–Crippen MR) is 404 cm³/mol. The van der Waals surface area contributed by atoms with Crippen molar-refractivity contribution in [3.05, 3.63) is 227 Å². The van der Waals surface area contributed by atoms with E-state index in [0.717, 1.165) is 26.8 Å². The largest absolute Gasteiger partial charge is 0.497 e. The van der Waals surface area contributed by atoms with Crippen LogP contribution in [0.25, 0.3) is 32.0 Å². The van der Waals surface area contributed by atoms with Gasteiger partial charge in [0.05, 0.1) is 46.4 Å². The summed E-state index contributed by atoms with van der Waals surface area (Å²) in [6, 6.07) is 39.9. The molecule has 31 heteroatoms. The van der Waals surface area contributed by atoms with E-state index in [1.165, 1.54) is 17.1 Å². The number of imidazole rings is 1. The van der Waals surface area contributed by atoms with Crippen LogP contribution in [0.2, 0.25) is 0 Å². The highest BCUT2D eigenvalue weighted by molar-refractivity contribution is 7.48. The summed E-state index contributed by atoms with van der Waals surface area (Å²) in [5.74, 6) is 4.69. The number of amides is 2. The quantitative estimate of drug-likeness (QED) is 0.00716. The number of esters is 1. The van der Waals surface area contributed by atoms with Crippen LogP contribution in [0, 0.1) is 30.9 Å². The molecule has 5 heterocycles. The lowest BCUT2D eigenvalue weighted by Gasteiger charge is -2.37. The van der Waals surface area contributed by atoms with Crippen LogP contribution in [0.1, 0.15) is 125 Å². The number of aromatic amines is 2. The van der Waals surface area contributed by atoms with Gasteiger partial charge in [0.25, 0.3) is 19.6 Å². The van der Waals surface area contributed by atoms with Crippen molar-refractivity contribution in [2.75, 3.05) is 72.2 Å². The first-order valence-corrected chi connectivity index (χ1v) is 38.4. The van der Waals surface area contributed by atoms with Crippen LogP contribution in [0.5, 0.6) is 11.5 Å². The first kappa shape index (κ1) is 80.0. The molecule has 8 aromatic rings. The number of anilines is 1. The second-order valence-corrected chi connectivity index (χ2v) is 29.8. The number of H-pyrrole nitrogens is 2. The van der Waals surface area contributed by atoms with Gasteiger partial charge in [-0.05, 0) is 97.3 Å². The fourth-order valence-electron chi connectivity index (χ4n) is 13.3. The topological polar surface area (TPSA) is 324 Å². The molecule has 2 fully saturated rings. The highest BCUT2D eigenvalue weighted by Crippen LogP contribution is 2.56. The molecule has 2 unspecified atom stereocenters. The number of nitrogens with zero attached hydrogens (tertiary/aromatic N) is 7. The van der Waals surface area contributed by atoms with E-state index in [2.05, 4.69) is 64.2 Å². The van der Waals surface area contributed by atoms with Gasteiger partial charge in [-0.3, -0.25) is 62.0 Å². The molecule has 572 valence electrons. The third kappa shape index (κ3) is 19.2. The molecule has 1 aliphatic carbocycles. The molecule has 3 aliphatic rings. The van der Waals surface area contributed by atoms with E-state index in [4.69, 9.17) is 64.2 Å². The average Bonchev–Trinajstić information content (AvgIpc) is 1.75. The second kappa shape index (κ2) is 36.9. The molecule has 11 rings (SSSR count). The molecule has 0 radical (unpaired) electrons. The highest BCUT2D eigenvalue weighted by Gasteiger charge is 2.49. The minimum absolute atomic E-state index is 0.00629. The van der Waals surface area contributed by atoms with Gasteiger partial charge in [0.2, 0.25) is 30.9 Å². The normalized spacial score (nSPS) is 18.3. The molecular weight excluding hydrogens is 1440 g/mol. The van der Waals surface area contributed by atoms with E-state index in [9.17, 15) is 28.8 Å². The van der Waals surface area contributed by atoms with E-state index in [1.54, 1.807) is 52.3 Å². The molecule has 29 nitrogen and oxygen atoms in total. The Morgan fingerprint density at radius 1 is 0.725 bits per heavy atom. The molecule has 3 aromatic heterocycles. The van der Waals surface area contributed by atoms with Crippen LogP contribution in [-0.4, -0.2) is 155 Å². The molecule has 109 heavy (non-hydrogen) atoms. The summed E-state index contributed by atoms with van der Waals surface area (Å²) in [6.45, 7) is 24.7. The highest BCUT2D eigenvalue weighted by atomic mass is 31.2. The van der Waals surface area contributed by atoms with Gasteiger partial charge in [-0.2, -0.15) is 4.98 Å². The number of fused-ring (bicyclic) bond motifs is 4. The van der Waals surface area contributed by atoms with Crippen LogP contribution in [-0.2, 0) is 66.1 Å². The molecular formula is C78H87N11O18P2. The zero-order valence-electron chi connectivity index (χ0n) is 61.6. The van der Waals surface area contributed by atoms with E-state index in [0.29, 0.717) is 28.2 Å². The Bertz CT molecular complexity index is 4790. The molecule has 2 amide bonds. The molecule has 4 N–H and O–H groups in total. The summed E-state index contributed by atoms with van der Waals surface area (Å²) in [5, 5.41) is 5.34. The number of rotatable bonds is 35. The number of nitrogens with one attached hydrogen (secondary N) is 4. The maximum Gasteiger partial charge on any atom is 0.475 e. The van der Waals surface area contributed by atoms with Crippen molar-refractivity contribution < 1.29 is 70.0 Å². The summed E-state index contributed by atoms with van der Waals surface area (Å²) in [6.07, 6.45) is -4.64. The third-order valence-electron chi connectivity index (χ3n) is 18.5. The maximum atomic E-state index is 15.9. The van der Waals surface area contributed by atoms with E-state index >= 15 is 4.57 Å². The number of hydrogen-bond acceptors (Lipinski definition) is 21. The minimum Gasteiger partial charge on any atom is -0.497 e. The number of phosphoric acid groups is 1. The van der Waals surface area contributed by atoms with Crippen molar-refractivity contribution in [1.82, 2.24) is 39.1 Å². The van der Waals surface area contributed by atoms with Crippen molar-refractivity contribution in [2.24, 2.45) is 5.92 Å². The number of methoxy groups -OCH3 is 2. The summed E-state index contributed by atoms with van der Waals surface area (Å²) < 4.78 is 90.8. The van der Waals surface area contributed by atoms with Crippen LogP contribution < -0.4 is 36.9 Å². The number of hydrogen-bond donors (Lipinski definition) is 4. The lowest BCUT2D eigenvalue weighted by Crippen LogP contribution is -2.38. The Hall–Kier alpha value is -10.0. The molecule has 5 aromatic carbocycles. The second-order valence-electron chi connectivity index (χ2n) is 26.7. The van der Waals surface area contributed by atoms with Crippen molar-refractivity contribution in [3.63, 3.8) is 0 Å². The first-order valence-electron chi connectivity index (χ1n) is 35.8. The predicted octanol–water partition coefficient (Wildman–Crippen LogP) is 11.0. The van der Waals surface area contributed by atoms with Crippen molar-refractivity contribution >= 4 is 51.2 Å². The van der Waals surface area contributed by atoms with E-state index in [-0.39, 0.29) is 112 Å². The Kier molecular flexibility index (Phi) is 27.1. The van der Waals surface area contributed by atoms with Gasteiger partial charge >= 0.3 is 19.5 Å². The Balaban J connectivity index is 0.863. The van der Waals surface area contributed by atoms with Gasteiger partial charge in [0, 0.05) is 55.8 Å². The fourth-order valence-corrected chi connectivity index (χ4v) is 16.4. The zero-order chi connectivity index (χ0) is 77.4. The molecule has 2 aliphatic heterocycles. The van der Waals surface area contributed by atoms with Crippen molar-refractivity contribution in [3.8, 4) is 34.5 Å². The molecule has 8 atom stereocenters. The van der Waals surface area contributed by atoms with Gasteiger partial charge in [0.1, 0.15) is 73.3 Å². The van der Waals surface area contributed by atoms with Crippen molar-refractivity contribution in [2.45, 2.75) is 134 Å². The number of ether oxygens (including phenoxy) is 6.